The van der Waals surface area contributed by atoms with Gasteiger partial charge in [-0.2, -0.15) is 13.2 Å². The van der Waals surface area contributed by atoms with E-state index in [4.69, 9.17) is 0 Å². The molecule has 270 valence electrons. The van der Waals surface area contributed by atoms with Crippen LogP contribution in [0.15, 0.2) is 47.4 Å². The highest BCUT2D eigenvalue weighted by atomic mass is 19.4. The lowest BCUT2D eigenvalue weighted by Crippen LogP contribution is -2.54. The first-order valence-electron chi connectivity index (χ1n) is 16.2. The van der Waals surface area contributed by atoms with Gasteiger partial charge in [0.15, 0.2) is 11.6 Å². The molecule has 0 aliphatic carbocycles. The molecule has 14 heteroatoms. The first kappa shape index (κ1) is 38.2. The van der Waals surface area contributed by atoms with E-state index in [2.05, 4.69) is 10.6 Å². The summed E-state index contributed by atoms with van der Waals surface area (Å²) in [6.07, 6.45) is -3.64. The third-order valence-corrected chi connectivity index (χ3v) is 8.76. The molecule has 3 aromatic rings. The second kappa shape index (κ2) is 15.5. The van der Waals surface area contributed by atoms with Crippen molar-refractivity contribution in [2.75, 3.05) is 19.6 Å². The van der Waals surface area contributed by atoms with Gasteiger partial charge in [0.25, 0.3) is 11.5 Å². The lowest BCUT2D eigenvalue weighted by atomic mass is 9.90. The lowest BCUT2D eigenvalue weighted by molar-refractivity contribution is -0.209. The Kier molecular flexibility index (Phi) is 11.9. The fourth-order valence-corrected chi connectivity index (χ4v) is 6.36. The number of nitrogens with zero attached hydrogens (tertiary/aromatic N) is 2. The number of pyridine rings is 1. The zero-order chi connectivity index (χ0) is 37.1. The van der Waals surface area contributed by atoms with Crippen molar-refractivity contribution in [2.24, 2.45) is 11.8 Å². The van der Waals surface area contributed by atoms with Crippen molar-refractivity contribution in [1.29, 1.82) is 0 Å². The standard InChI is InChI=1S/C36H41F5N4O5/c1-19(2)11-29(43-33(48)25-7-6-8-45(35(25)50)10-9-44-17-24(18-44)36(39,40)41)34(49)42-28(16-30(46)47)26-14-23(15-27(37)32(26)38)31-21(4)12-20(3)13-22(31)5/h6-8,12-15,19,24,28-29H,9-11,16-18H2,1-5H3,(H,42,49)(H,43,48)(H,46,47)/t28-,29-/m0/s1. The van der Waals surface area contributed by atoms with E-state index in [0.717, 1.165) is 22.8 Å². The lowest BCUT2D eigenvalue weighted by Gasteiger charge is -2.40. The number of rotatable bonds is 13. The number of alkyl halides is 3. The zero-order valence-electron chi connectivity index (χ0n) is 28.5. The molecule has 2 amide bonds. The molecule has 1 fully saturated rings. The molecule has 1 aliphatic rings. The molecule has 1 aliphatic heterocycles. The zero-order valence-corrected chi connectivity index (χ0v) is 28.5. The minimum absolute atomic E-state index is 0.0279. The molecule has 0 unspecified atom stereocenters. The highest BCUT2D eigenvalue weighted by Gasteiger charge is 2.46. The van der Waals surface area contributed by atoms with Crippen LogP contribution in [0, 0.1) is 44.2 Å². The molecule has 1 aromatic heterocycles. The summed E-state index contributed by atoms with van der Waals surface area (Å²) in [5.41, 5.74) is 2.02. The van der Waals surface area contributed by atoms with Crippen LogP contribution in [0.1, 0.15) is 65.3 Å². The molecular weight excluding hydrogens is 663 g/mol. The van der Waals surface area contributed by atoms with Crippen LogP contribution in [0.4, 0.5) is 22.0 Å². The number of carbonyl (C=O) groups excluding carboxylic acids is 2. The van der Waals surface area contributed by atoms with Gasteiger partial charge in [-0.3, -0.25) is 19.2 Å². The molecule has 2 atom stereocenters. The van der Waals surface area contributed by atoms with Crippen molar-refractivity contribution in [3.63, 3.8) is 0 Å². The number of benzene rings is 2. The average Bonchev–Trinajstić information content (AvgIpc) is 2.96. The Bertz CT molecular complexity index is 1790. The molecule has 0 saturated carbocycles. The van der Waals surface area contributed by atoms with Crippen molar-refractivity contribution >= 4 is 17.8 Å². The van der Waals surface area contributed by atoms with Crippen LogP contribution >= 0.6 is 0 Å². The van der Waals surface area contributed by atoms with Gasteiger partial charge in [0, 0.05) is 37.9 Å². The van der Waals surface area contributed by atoms with E-state index in [-0.39, 0.29) is 49.6 Å². The predicted octanol–water partition coefficient (Wildman–Crippen LogP) is 5.69. The maximum absolute atomic E-state index is 15.4. The van der Waals surface area contributed by atoms with Crippen molar-refractivity contribution in [1.82, 2.24) is 20.1 Å². The quantitative estimate of drug-likeness (QED) is 0.197. The van der Waals surface area contributed by atoms with Gasteiger partial charge in [-0.1, -0.05) is 31.5 Å². The minimum atomic E-state index is -4.29. The van der Waals surface area contributed by atoms with Crippen LogP contribution in [0.5, 0.6) is 0 Å². The smallest absolute Gasteiger partial charge is 0.394 e. The van der Waals surface area contributed by atoms with E-state index in [9.17, 15) is 37.5 Å². The summed E-state index contributed by atoms with van der Waals surface area (Å²) in [7, 11) is 0. The first-order valence-corrected chi connectivity index (χ1v) is 16.2. The van der Waals surface area contributed by atoms with E-state index in [0.29, 0.717) is 11.1 Å². The number of aryl methyl sites for hydroxylation is 3. The molecular formula is C36H41F5N4O5. The Morgan fingerprint density at radius 3 is 2.20 bits per heavy atom. The summed E-state index contributed by atoms with van der Waals surface area (Å²) in [5, 5.41) is 14.7. The van der Waals surface area contributed by atoms with Crippen molar-refractivity contribution < 1.29 is 41.4 Å². The van der Waals surface area contributed by atoms with E-state index < -0.39 is 65.6 Å². The average molecular weight is 705 g/mol. The molecule has 0 radical (unpaired) electrons. The monoisotopic (exact) mass is 704 g/mol. The normalized spacial score (nSPS) is 15.0. The Labute approximate surface area is 286 Å². The van der Waals surface area contributed by atoms with Gasteiger partial charge in [-0.15, -0.1) is 0 Å². The van der Waals surface area contributed by atoms with Gasteiger partial charge in [0.05, 0.1) is 18.4 Å². The van der Waals surface area contributed by atoms with Crippen molar-refractivity contribution in [2.45, 2.75) is 72.3 Å². The van der Waals surface area contributed by atoms with E-state index >= 15 is 8.78 Å². The maximum Gasteiger partial charge on any atom is 0.394 e. The largest absolute Gasteiger partial charge is 0.481 e. The number of hydrogen-bond donors (Lipinski definition) is 3. The summed E-state index contributed by atoms with van der Waals surface area (Å²) >= 11 is 0. The molecule has 2 heterocycles. The summed E-state index contributed by atoms with van der Waals surface area (Å²) in [6, 6.07) is 5.91. The number of carboxylic acids is 1. The van der Waals surface area contributed by atoms with E-state index in [1.165, 1.54) is 29.0 Å². The summed E-state index contributed by atoms with van der Waals surface area (Å²) in [6.45, 7) is 8.87. The number of carboxylic acid groups (broad SMARTS) is 1. The number of hydrogen-bond acceptors (Lipinski definition) is 5. The minimum Gasteiger partial charge on any atom is -0.481 e. The van der Waals surface area contributed by atoms with E-state index in [1.807, 2.05) is 32.9 Å². The summed E-state index contributed by atoms with van der Waals surface area (Å²) in [5.74, 6) is -7.35. The predicted molar refractivity (Wildman–Crippen MR) is 177 cm³/mol. The van der Waals surface area contributed by atoms with Gasteiger partial charge in [-0.25, -0.2) is 8.78 Å². The van der Waals surface area contributed by atoms with Gasteiger partial charge in [-0.05, 0) is 79.6 Å². The topological polar surface area (TPSA) is 121 Å². The molecule has 3 N–H and O–H groups in total. The summed E-state index contributed by atoms with van der Waals surface area (Å²) < 4.78 is 70.1. The number of halogens is 5. The maximum atomic E-state index is 15.4. The second-order valence-electron chi connectivity index (χ2n) is 13.4. The second-order valence-corrected chi connectivity index (χ2v) is 13.4. The Morgan fingerprint density at radius 2 is 1.62 bits per heavy atom. The molecule has 0 spiro atoms. The first-order chi connectivity index (χ1) is 23.3. The van der Waals surface area contributed by atoms with Crippen LogP contribution in [-0.4, -0.2) is 64.2 Å². The van der Waals surface area contributed by atoms with Crippen LogP contribution in [-0.2, 0) is 16.1 Å². The van der Waals surface area contributed by atoms with Crippen molar-refractivity contribution in [3.05, 3.63) is 92.4 Å². The van der Waals surface area contributed by atoms with Gasteiger partial charge in [0.2, 0.25) is 5.91 Å². The fourth-order valence-electron chi connectivity index (χ4n) is 6.36. The highest BCUT2D eigenvalue weighted by molar-refractivity contribution is 5.97. The molecule has 0 bridgehead atoms. The SMILES string of the molecule is Cc1cc(C)c(-c2cc(F)c(F)c([C@H](CC(=O)O)NC(=O)[C@H](CC(C)C)NC(=O)c3cccn(CCN4CC(C(F)(F)F)C4)c3=O)c2)c(C)c1. The molecule has 50 heavy (non-hydrogen) atoms. The number of likely N-dealkylation sites (tertiary alicyclic amines) is 1. The molecule has 1 saturated heterocycles. The van der Waals surface area contributed by atoms with Crippen LogP contribution in [0.3, 0.4) is 0 Å². The molecule has 4 rings (SSSR count). The van der Waals surface area contributed by atoms with Gasteiger partial charge >= 0.3 is 12.1 Å². The highest BCUT2D eigenvalue weighted by Crippen LogP contribution is 2.34. The Hall–Kier alpha value is -4.59. The number of nitrogens with one attached hydrogen (secondary N) is 2. The number of aromatic nitrogens is 1. The van der Waals surface area contributed by atoms with Crippen molar-refractivity contribution in [3.8, 4) is 11.1 Å². The van der Waals surface area contributed by atoms with Gasteiger partial charge in [0.1, 0.15) is 11.6 Å². The third kappa shape index (κ3) is 9.14. The Balaban J connectivity index is 1.56. The van der Waals surface area contributed by atoms with Crippen LogP contribution in [0.25, 0.3) is 11.1 Å². The number of amides is 2. The summed E-state index contributed by atoms with van der Waals surface area (Å²) in [4.78, 5) is 53.6. The molecule has 9 nitrogen and oxygen atoms in total. The molecule has 2 aromatic carbocycles. The van der Waals surface area contributed by atoms with Crippen LogP contribution in [0.2, 0.25) is 0 Å². The number of carbonyl (C=O) groups is 3. The number of aliphatic carboxylic acids is 1. The van der Waals surface area contributed by atoms with Crippen LogP contribution < -0.4 is 16.2 Å². The van der Waals surface area contributed by atoms with E-state index in [1.54, 1.807) is 18.7 Å². The fraction of sp³-hybridized carbons (Fsp3) is 0.444. The van der Waals surface area contributed by atoms with Gasteiger partial charge < -0.3 is 25.2 Å². The third-order valence-electron chi connectivity index (χ3n) is 8.76. The Morgan fingerprint density at radius 1 is 0.980 bits per heavy atom.